The number of carbonyl (C=O) groups excluding carboxylic acids is 2. The van der Waals surface area contributed by atoms with E-state index < -0.39 is 6.04 Å². The van der Waals surface area contributed by atoms with Crippen LogP contribution >= 0.6 is 0 Å². The van der Waals surface area contributed by atoms with Crippen molar-refractivity contribution in [3.63, 3.8) is 0 Å². The van der Waals surface area contributed by atoms with E-state index in [-0.39, 0.29) is 18.2 Å². The van der Waals surface area contributed by atoms with Gasteiger partial charge in [-0.2, -0.15) is 0 Å². The summed E-state index contributed by atoms with van der Waals surface area (Å²) >= 11 is 0. The van der Waals surface area contributed by atoms with Gasteiger partial charge in [0.15, 0.2) is 0 Å². The highest BCUT2D eigenvalue weighted by molar-refractivity contribution is 5.90. The highest BCUT2D eigenvalue weighted by Crippen LogP contribution is 2.24. The number of hydrogen-bond donors (Lipinski definition) is 0. The maximum atomic E-state index is 13.3. The number of ether oxygens (including phenoxy) is 1. The molecule has 4 rings (SSSR count). The van der Waals surface area contributed by atoms with Crippen LogP contribution < -0.4 is 4.74 Å². The van der Waals surface area contributed by atoms with Gasteiger partial charge in [0.2, 0.25) is 11.8 Å². The number of nitrogens with zero attached hydrogens (tertiary/aromatic N) is 3. The van der Waals surface area contributed by atoms with Crippen LogP contribution in [0.25, 0.3) is 11.1 Å². The van der Waals surface area contributed by atoms with E-state index in [9.17, 15) is 9.59 Å². The van der Waals surface area contributed by atoms with Crippen LogP contribution in [-0.2, 0) is 22.4 Å². The van der Waals surface area contributed by atoms with Gasteiger partial charge in [-0.25, -0.2) is 0 Å². The SMILES string of the molecule is CCN1CCN(C(=O)Cc2ccccc2OC)C(Cc2ccc(-c3cccnc3)cc2)C1=O. The third kappa shape index (κ3) is 5.06. The molecule has 33 heavy (non-hydrogen) atoms. The lowest BCUT2D eigenvalue weighted by atomic mass is 9.98. The molecule has 0 bridgehead atoms. The zero-order chi connectivity index (χ0) is 23.2. The van der Waals surface area contributed by atoms with Crippen molar-refractivity contribution in [3.8, 4) is 16.9 Å². The Kier molecular flexibility index (Phi) is 7.03. The van der Waals surface area contributed by atoms with Crippen molar-refractivity contribution in [2.45, 2.75) is 25.8 Å². The Morgan fingerprint density at radius 3 is 2.52 bits per heavy atom. The van der Waals surface area contributed by atoms with Crippen LogP contribution in [0.15, 0.2) is 73.1 Å². The summed E-state index contributed by atoms with van der Waals surface area (Å²) in [6.07, 6.45) is 4.28. The van der Waals surface area contributed by atoms with Crippen molar-refractivity contribution in [1.29, 1.82) is 0 Å². The monoisotopic (exact) mass is 443 g/mol. The molecule has 0 radical (unpaired) electrons. The van der Waals surface area contributed by atoms with Crippen LogP contribution in [0.1, 0.15) is 18.1 Å². The fourth-order valence-corrected chi connectivity index (χ4v) is 4.35. The number of aromatic nitrogens is 1. The van der Waals surface area contributed by atoms with Crippen LogP contribution in [0.3, 0.4) is 0 Å². The Labute approximate surface area is 194 Å². The minimum atomic E-state index is -0.509. The molecule has 1 saturated heterocycles. The van der Waals surface area contributed by atoms with Gasteiger partial charge >= 0.3 is 0 Å². The molecule has 1 atom stereocenters. The van der Waals surface area contributed by atoms with Gasteiger partial charge in [0.1, 0.15) is 11.8 Å². The molecule has 2 heterocycles. The van der Waals surface area contributed by atoms with E-state index in [0.717, 1.165) is 22.3 Å². The minimum absolute atomic E-state index is 0.00784. The van der Waals surface area contributed by atoms with E-state index >= 15 is 0 Å². The molecule has 170 valence electrons. The average Bonchev–Trinajstić information content (AvgIpc) is 2.86. The van der Waals surface area contributed by atoms with E-state index in [0.29, 0.717) is 31.8 Å². The van der Waals surface area contributed by atoms with Crippen molar-refractivity contribution in [2.75, 3.05) is 26.7 Å². The number of likely N-dealkylation sites (N-methyl/N-ethyl adjacent to an activating group) is 1. The molecule has 0 spiro atoms. The molecule has 0 N–H and O–H groups in total. The van der Waals surface area contributed by atoms with Crippen LogP contribution in [0.2, 0.25) is 0 Å². The quantitative estimate of drug-likeness (QED) is 0.560. The first-order chi connectivity index (χ1) is 16.1. The fourth-order valence-electron chi connectivity index (χ4n) is 4.35. The van der Waals surface area contributed by atoms with Gasteiger partial charge in [0, 0.05) is 44.0 Å². The summed E-state index contributed by atoms with van der Waals surface area (Å²) in [6.45, 7) is 3.71. The molecule has 2 amide bonds. The van der Waals surface area contributed by atoms with Crippen molar-refractivity contribution >= 4 is 11.8 Å². The second-order valence-electron chi connectivity index (χ2n) is 8.15. The summed E-state index contributed by atoms with van der Waals surface area (Å²) < 4.78 is 5.41. The van der Waals surface area contributed by atoms with Gasteiger partial charge in [-0.15, -0.1) is 0 Å². The van der Waals surface area contributed by atoms with E-state index in [1.165, 1.54) is 0 Å². The molecule has 6 heteroatoms. The summed E-state index contributed by atoms with van der Waals surface area (Å²) in [6, 6.07) is 19.1. The van der Waals surface area contributed by atoms with Crippen molar-refractivity contribution in [1.82, 2.24) is 14.8 Å². The summed E-state index contributed by atoms with van der Waals surface area (Å²) in [5, 5.41) is 0. The van der Waals surface area contributed by atoms with Crippen LogP contribution in [-0.4, -0.2) is 59.4 Å². The molecule has 1 aromatic heterocycles. The van der Waals surface area contributed by atoms with Gasteiger partial charge in [-0.1, -0.05) is 48.5 Å². The number of pyridine rings is 1. The molecule has 1 unspecified atom stereocenters. The van der Waals surface area contributed by atoms with Gasteiger partial charge in [0.25, 0.3) is 0 Å². The van der Waals surface area contributed by atoms with Crippen molar-refractivity contribution < 1.29 is 14.3 Å². The Morgan fingerprint density at radius 2 is 1.82 bits per heavy atom. The molecule has 1 aliphatic rings. The molecular weight excluding hydrogens is 414 g/mol. The second-order valence-corrected chi connectivity index (χ2v) is 8.15. The van der Waals surface area contributed by atoms with Gasteiger partial charge in [0.05, 0.1) is 13.5 Å². The van der Waals surface area contributed by atoms with Gasteiger partial charge in [-0.3, -0.25) is 14.6 Å². The topological polar surface area (TPSA) is 62.7 Å². The number of para-hydroxylation sites is 1. The predicted molar refractivity (Wildman–Crippen MR) is 128 cm³/mol. The first-order valence-electron chi connectivity index (χ1n) is 11.3. The van der Waals surface area contributed by atoms with Crippen LogP contribution in [0, 0.1) is 0 Å². The molecule has 1 aliphatic heterocycles. The third-order valence-electron chi connectivity index (χ3n) is 6.20. The normalized spacial score (nSPS) is 16.1. The third-order valence-corrected chi connectivity index (χ3v) is 6.20. The zero-order valence-corrected chi connectivity index (χ0v) is 19.1. The molecule has 6 nitrogen and oxygen atoms in total. The van der Waals surface area contributed by atoms with Crippen molar-refractivity contribution in [2.24, 2.45) is 0 Å². The molecular formula is C27H29N3O3. The van der Waals surface area contributed by atoms with E-state index in [2.05, 4.69) is 4.98 Å². The Morgan fingerprint density at radius 1 is 1.03 bits per heavy atom. The summed E-state index contributed by atoms with van der Waals surface area (Å²) in [4.78, 5) is 34.3. The number of hydrogen-bond acceptors (Lipinski definition) is 4. The lowest BCUT2D eigenvalue weighted by molar-refractivity contribution is -0.150. The summed E-state index contributed by atoms with van der Waals surface area (Å²) in [5.41, 5.74) is 3.97. The summed E-state index contributed by atoms with van der Waals surface area (Å²) in [5.74, 6) is 0.640. The molecule has 0 aliphatic carbocycles. The maximum absolute atomic E-state index is 13.3. The second kappa shape index (κ2) is 10.3. The van der Waals surface area contributed by atoms with Crippen LogP contribution in [0.4, 0.5) is 0 Å². The first-order valence-corrected chi connectivity index (χ1v) is 11.3. The van der Waals surface area contributed by atoms with E-state index in [1.54, 1.807) is 18.2 Å². The summed E-state index contributed by atoms with van der Waals surface area (Å²) in [7, 11) is 1.60. The molecule has 0 saturated carbocycles. The maximum Gasteiger partial charge on any atom is 0.245 e. The molecule has 3 aromatic rings. The lowest BCUT2D eigenvalue weighted by Gasteiger charge is -2.40. The predicted octanol–water partition coefficient (Wildman–Crippen LogP) is 3.60. The van der Waals surface area contributed by atoms with E-state index in [4.69, 9.17) is 4.74 Å². The smallest absolute Gasteiger partial charge is 0.245 e. The van der Waals surface area contributed by atoms with Crippen LogP contribution in [0.5, 0.6) is 5.75 Å². The van der Waals surface area contributed by atoms with E-state index in [1.807, 2.05) is 78.7 Å². The Hall–Kier alpha value is -3.67. The molecule has 2 aromatic carbocycles. The number of benzene rings is 2. The lowest BCUT2D eigenvalue weighted by Crippen LogP contribution is -2.59. The Bertz CT molecular complexity index is 1100. The van der Waals surface area contributed by atoms with Gasteiger partial charge in [-0.05, 0) is 35.7 Å². The number of rotatable bonds is 7. The zero-order valence-electron chi connectivity index (χ0n) is 19.1. The van der Waals surface area contributed by atoms with Crippen molar-refractivity contribution in [3.05, 3.63) is 84.2 Å². The first kappa shape index (κ1) is 22.5. The minimum Gasteiger partial charge on any atom is -0.496 e. The highest BCUT2D eigenvalue weighted by atomic mass is 16.5. The Balaban J connectivity index is 1.54. The number of amides is 2. The fraction of sp³-hybridized carbons (Fsp3) is 0.296. The number of carbonyl (C=O) groups is 2. The average molecular weight is 444 g/mol. The number of methoxy groups -OCH3 is 1. The standard InChI is InChI=1S/C27H29N3O3/c1-3-29-15-16-30(26(31)18-22-7-4-5-9-25(22)33-2)24(27(29)32)17-20-10-12-21(13-11-20)23-8-6-14-28-19-23/h4-14,19,24H,3,15-18H2,1-2H3. The van der Waals surface area contributed by atoms with Gasteiger partial charge < -0.3 is 14.5 Å². The number of piperazine rings is 1. The largest absolute Gasteiger partial charge is 0.496 e. The highest BCUT2D eigenvalue weighted by Gasteiger charge is 2.36. The molecule has 1 fully saturated rings.